The largest absolute Gasteiger partial charge is 0.469 e. The van der Waals surface area contributed by atoms with Gasteiger partial charge in [-0.15, -0.1) is 0 Å². The second kappa shape index (κ2) is 16.5. The molecule has 13 atom stereocenters. The van der Waals surface area contributed by atoms with Crippen LogP contribution >= 0.6 is 34.8 Å². The van der Waals surface area contributed by atoms with Crippen molar-refractivity contribution in [2.45, 2.75) is 174 Å². The molecule has 5 aliphatic carbocycles. The Balaban J connectivity index is 1.33. The minimum absolute atomic E-state index is 0.0220. The quantitative estimate of drug-likeness (QED) is 0.0754. The van der Waals surface area contributed by atoms with E-state index in [-0.39, 0.29) is 39.5 Å². The predicted molar refractivity (Wildman–Crippen MR) is 222 cm³/mol. The molecule has 15 heteroatoms. The first-order valence-electron chi connectivity index (χ1n) is 21.5. The first-order valence-corrected chi connectivity index (χ1v) is 22.7. The van der Waals surface area contributed by atoms with Crippen LogP contribution in [0, 0.1) is 50.2 Å². The number of esters is 5. The second-order valence-electron chi connectivity index (χ2n) is 20.7. The maximum absolute atomic E-state index is 13.7. The second-order valence-corrected chi connectivity index (χ2v) is 23.0. The molecule has 338 valence electrons. The number of allylic oxidation sites excluding steroid dienone is 2. The number of rotatable bonds is 8. The molecule has 0 unspecified atom stereocenters. The molecular formula is C45H65Cl3O12. The van der Waals surface area contributed by atoms with Crippen LogP contribution in [0.3, 0.4) is 0 Å². The average Bonchev–Trinajstić information content (AvgIpc) is 3.13. The van der Waals surface area contributed by atoms with Crippen molar-refractivity contribution in [3.05, 3.63) is 11.6 Å². The Kier molecular flexibility index (Phi) is 13.0. The number of hydrogen-bond donors (Lipinski definition) is 0. The predicted octanol–water partition coefficient (Wildman–Crippen LogP) is 8.78. The molecular weight excluding hydrogens is 839 g/mol. The molecule has 1 aliphatic heterocycles. The Morgan fingerprint density at radius 2 is 1.40 bits per heavy atom. The Morgan fingerprint density at radius 1 is 0.767 bits per heavy atom. The van der Waals surface area contributed by atoms with Crippen molar-refractivity contribution in [3.63, 3.8) is 0 Å². The number of carbonyl (C=O) groups excluding carboxylic acids is 5. The van der Waals surface area contributed by atoms with Gasteiger partial charge < -0.3 is 33.2 Å². The van der Waals surface area contributed by atoms with Crippen molar-refractivity contribution in [1.29, 1.82) is 0 Å². The summed E-state index contributed by atoms with van der Waals surface area (Å²) in [6.45, 7) is 19.6. The lowest BCUT2D eigenvalue weighted by Crippen LogP contribution is -2.66. The van der Waals surface area contributed by atoms with Crippen LogP contribution in [-0.4, -0.2) is 84.2 Å². The van der Waals surface area contributed by atoms with E-state index in [1.54, 1.807) is 0 Å². The molecule has 0 aromatic rings. The van der Waals surface area contributed by atoms with Crippen LogP contribution in [0.15, 0.2) is 11.6 Å². The maximum atomic E-state index is 13.7. The van der Waals surface area contributed by atoms with E-state index in [0.717, 1.165) is 71.6 Å². The van der Waals surface area contributed by atoms with E-state index < -0.39 is 81.9 Å². The normalized spacial score (nSPS) is 41.7. The zero-order valence-corrected chi connectivity index (χ0v) is 39.4. The first kappa shape index (κ1) is 47.4. The van der Waals surface area contributed by atoms with Crippen LogP contribution in [0.1, 0.15) is 133 Å². The van der Waals surface area contributed by atoms with Crippen molar-refractivity contribution in [1.82, 2.24) is 0 Å². The Hall–Kier alpha value is -2.12. The van der Waals surface area contributed by atoms with Gasteiger partial charge in [-0.3, -0.25) is 19.2 Å². The molecule has 5 fully saturated rings. The monoisotopic (exact) mass is 902 g/mol. The fraction of sp³-hybridized carbons (Fsp3) is 0.844. The van der Waals surface area contributed by atoms with Gasteiger partial charge in [0.05, 0.1) is 18.6 Å². The van der Waals surface area contributed by atoms with Crippen LogP contribution in [0.5, 0.6) is 0 Å². The zero-order chi connectivity index (χ0) is 44.6. The van der Waals surface area contributed by atoms with E-state index in [1.807, 2.05) is 0 Å². The lowest BCUT2D eigenvalue weighted by molar-refractivity contribution is -0.333. The molecule has 1 heterocycles. The molecule has 4 saturated carbocycles. The lowest BCUT2D eigenvalue weighted by atomic mass is 9.33. The Bertz CT molecular complexity index is 1760. The molecule has 0 radical (unpaired) electrons. The summed E-state index contributed by atoms with van der Waals surface area (Å²) in [4.78, 5) is 63.8. The number of fused-ring (bicyclic) bond motifs is 7. The molecule has 0 spiro atoms. The van der Waals surface area contributed by atoms with E-state index in [2.05, 4.69) is 54.5 Å². The van der Waals surface area contributed by atoms with Crippen LogP contribution in [0.4, 0.5) is 0 Å². The van der Waals surface area contributed by atoms with Crippen LogP contribution in [0.25, 0.3) is 0 Å². The molecule has 0 aromatic carbocycles. The smallest absolute Gasteiger partial charge is 0.359 e. The van der Waals surface area contributed by atoms with E-state index in [9.17, 15) is 24.0 Å². The van der Waals surface area contributed by atoms with Gasteiger partial charge in [0.15, 0.2) is 24.6 Å². The van der Waals surface area contributed by atoms with Gasteiger partial charge in [-0.05, 0) is 109 Å². The summed E-state index contributed by atoms with van der Waals surface area (Å²) in [6, 6.07) is 0. The Labute approximate surface area is 370 Å². The van der Waals surface area contributed by atoms with E-state index >= 15 is 0 Å². The fourth-order valence-corrected chi connectivity index (χ4v) is 13.6. The number of methoxy groups -OCH3 is 1. The van der Waals surface area contributed by atoms with Crippen molar-refractivity contribution in [2.24, 2.45) is 50.2 Å². The summed E-state index contributed by atoms with van der Waals surface area (Å²) >= 11 is 17.9. The highest BCUT2D eigenvalue weighted by Gasteiger charge is 2.70. The van der Waals surface area contributed by atoms with Crippen LogP contribution < -0.4 is 0 Å². The average molecular weight is 904 g/mol. The van der Waals surface area contributed by atoms with Gasteiger partial charge in [-0.2, -0.15) is 0 Å². The highest BCUT2D eigenvalue weighted by atomic mass is 35.6. The van der Waals surface area contributed by atoms with Crippen molar-refractivity contribution in [3.8, 4) is 0 Å². The molecule has 0 bridgehead atoms. The summed E-state index contributed by atoms with van der Waals surface area (Å²) in [5.41, 5.74) is 0.462. The summed E-state index contributed by atoms with van der Waals surface area (Å²) in [5.74, 6) is -2.79. The van der Waals surface area contributed by atoms with Gasteiger partial charge in [-0.25, -0.2) is 4.79 Å². The molecule has 0 aromatic heterocycles. The maximum Gasteiger partial charge on any atom is 0.359 e. The highest BCUT2D eigenvalue weighted by Crippen LogP contribution is 2.76. The van der Waals surface area contributed by atoms with E-state index in [1.165, 1.54) is 19.6 Å². The number of halogens is 3. The summed E-state index contributed by atoms with van der Waals surface area (Å²) in [6.07, 6.45) is 3.94. The number of alkyl halides is 3. The van der Waals surface area contributed by atoms with Crippen LogP contribution in [-0.2, 0) is 57.1 Å². The third-order valence-corrected chi connectivity index (χ3v) is 17.0. The molecule has 0 amide bonds. The summed E-state index contributed by atoms with van der Waals surface area (Å²) in [5, 5.41) is 0. The third kappa shape index (κ3) is 8.13. The van der Waals surface area contributed by atoms with Crippen molar-refractivity contribution < 1.29 is 57.1 Å². The number of hydrogen-bond acceptors (Lipinski definition) is 12. The van der Waals surface area contributed by atoms with Crippen LogP contribution in [0.2, 0.25) is 0 Å². The number of ether oxygens (including phenoxy) is 7. The molecule has 1 saturated heterocycles. The molecule has 0 N–H and O–H groups in total. The van der Waals surface area contributed by atoms with Gasteiger partial charge in [0.1, 0.15) is 12.7 Å². The minimum Gasteiger partial charge on any atom is -0.469 e. The fourth-order valence-electron chi connectivity index (χ4n) is 13.5. The lowest BCUT2D eigenvalue weighted by Gasteiger charge is -2.71. The Morgan fingerprint density at radius 3 is 2.00 bits per heavy atom. The number of carbonyl (C=O) groups is 5. The molecule has 60 heavy (non-hydrogen) atoms. The van der Waals surface area contributed by atoms with Gasteiger partial charge in [0.25, 0.3) is 3.79 Å². The van der Waals surface area contributed by atoms with E-state index in [0.29, 0.717) is 12.3 Å². The van der Waals surface area contributed by atoms with Crippen molar-refractivity contribution >= 4 is 64.6 Å². The van der Waals surface area contributed by atoms with Gasteiger partial charge in [0.2, 0.25) is 0 Å². The molecule has 6 rings (SSSR count). The van der Waals surface area contributed by atoms with Gasteiger partial charge in [-0.1, -0.05) is 94.9 Å². The molecule has 6 aliphatic rings. The summed E-state index contributed by atoms with van der Waals surface area (Å²) in [7, 11) is 1.54. The standard InChI is InChI=1S/C45H65Cl3O12/c1-24(49)55-23-29-33(56-25(2)50)34(57-26(3)51)35(60-38(53)45(46,47)48)36(58-29)59-32-15-16-41(8)30(40(32,6)7)14-17-43(10)31(41)13-12-27-28-22-39(4,5)18-20-44(28,37(52)54-11)21-19-42(27,43)9/h12,28-36H,13-23H2,1-11H3/t28-,29+,30-,31+,32-,33-,34-,35+,36+,41-,42+,43+,44-/m0/s1. The third-order valence-electron chi connectivity index (χ3n) is 16.6. The van der Waals surface area contributed by atoms with Crippen molar-refractivity contribution in [2.75, 3.05) is 13.7 Å². The zero-order valence-electron chi connectivity index (χ0n) is 37.1. The SMILES string of the molecule is COC(=O)[C@]12CCC(C)(C)C[C@H]1C1=CC[C@@H]3[C@@]4(C)CC[C@H](O[C@H]5O[C@H](COC(C)=O)[C@H](OC(C)=O)[C@H](OC(C)=O)[C@H]5OC(=O)C(Cl)(Cl)Cl)C(C)(C)[C@@H]4CC[C@@]3(C)[C@]1(C)CC2. The van der Waals surface area contributed by atoms with Gasteiger partial charge >= 0.3 is 29.8 Å². The highest BCUT2D eigenvalue weighted by molar-refractivity contribution is 6.75. The minimum atomic E-state index is -2.52. The van der Waals surface area contributed by atoms with E-state index in [4.69, 9.17) is 68.0 Å². The van der Waals surface area contributed by atoms with Gasteiger partial charge in [0, 0.05) is 20.8 Å². The summed E-state index contributed by atoms with van der Waals surface area (Å²) < 4.78 is 38.6. The molecule has 12 nitrogen and oxygen atoms in total. The first-order chi connectivity index (χ1) is 27.7. The topological polar surface area (TPSA) is 150 Å².